The van der Waals surface area contributed by atoms with E-state index >= 15 is 0 Å². The van der Waals surface area contributed by atoms with E-state index in [1.54, 1.807) is 4.68 Å². The van der Waals surface area contributed by atoms with Gasteiger partial charge in [-0.3, -0.25) is 19.2 Å². The number of carbonyl (C=O) groups excluding carboxylic acids is 1. The minimum absolute atomic E-state index is 0.0585. The number of nitrogens with zero attached hydrogens (tertiary/aromatic N) is 6. The number of carbonyl (C=O) groups is 1. The zero-order valence-electron chi connectivity index (χ0n) is 29.5. The molecule has 0 bridgehead atoms. The lowest BCUT2D eigenvalue weighted by Gasteiger charge is -2.40. The standard InChI is InChI=1S/C31H51Cl2N7O9S2/c1-20(41)35-27-17-23(39(11-5-7-13-50(43,44)45)12-6-8-14-51(46,47)48)9-10-26(27)36-37-30-24(18-34)29(31(2,3)4)38-40(30)28-21(19-49-42)15-22(32)16-25(28)33/h21-23,25-28,42H,5-17,19H2,1-4H3,(H,35,41)(H,43,44,45)(H,46,47,48). The Morgan fingerprint density at radius 3 is 2.18 bits per heavy atom. The number of halogens is 2. The third-order valence-electron chi connectivity index (χ3n) is 9.36. The van der Waals surface area contributed by atoms with Crippen molar-refractivity contribution in [2.24, 2.45) is 16.1 Å². The van der Waals surface area contributed by atoms with E-state index in [-0.39, 0.29) is 65.6 Å². The van der Waals surface area contributed by atoms with Crippen LogP contribution in [-0.2, 0) is 35.3 Å². The predicted molar refractivity (Wildman–Crippen MR) is 192 cm³/mol. The van der Waals surface area contributed by atoms with Gasteiger partial charge in [-0.05, 0) is 70.9 Å². The first-order valence-corrected chi connectivity index (χ1v) is 21.2. The van der Waals surface area contributed by atoms with Gasteiger partial charge >= 0.3 is 0 Å². The summed E-state index contributed by atoms with van der Waals surface area (Å²) in [7, 11) is -8.23. The molecule has 0 radical (unpaired) electrons. The number of unbranched alkanes of at least 4 members (excludes halogenated alkanes) is 2. The van der Waals surface area contributed by atoms with Crippen LogP contribution < -0.4 is 5.32 Å². The van der Waals surface area contributed by atoms with Crippen molar-refractivity contribution in [1.82, 2.24) is 20.0 Å². The van der Waals surface area contributed by atoms with Gasteiger partial charge in [-0.1, -0.05) is 20.8 Å². The van der Waals surface area contributed by atoms with Crippen LogP contribution in [0, 0.1) is 17.2 Å². The SMILES string of the molecule is CC(=O)NC1CC(N(CCCCS(=O)(=O)O)CCCCS(=O)(=O)O)CCC1N=Nc1c(C#N)c(C(C)(C)C)nn1C1C(Cl)CC(Cl)CC1COO. The van der Waals surface area contributed by atoms with Crippen molar-refractivity contribution in [2.75, 3.05) is 31.2 Å². The van der Waals surface area contributed by atoms with Crippen LogP contribution in [0.1, 0.15) is 103 Å². The van der Waals surface area contributed by atoms with Gasteiger partial charge in [0.15, 0.2) is 5.82 Å². The Labute approximate surface area is 310 Å². The summed E-state index contributed by atoms with van der Waals surface area (Å²) >= 11 is 13.3. The quantitative estimate of drug-likeness (QED) is 0.0413. The molecular weight excluding hydrogens is 749 g/mol. The predicted octanol–water partition coefficient (Wildman–Crippen LogP) is 4.86. The van der Waals surface area contributed by atoms with Crippen molar-refractivity contribution in [3.8, 4) is 6.07 Å². The molecule has 2 aliphatic carbocycles. The molecule has 7 atom stereocenters. The number of alkyl halides is 2. The maximum atomic E-state index is 12.4. The number of rotatable bonds is 17. The Morgan fingerprint density at radius 1 is 1.06 bits per heavy atom. The molecule has 1 heterocycles. The summed E-state index contributed by atoms with van der Waals surface area (Å²) in [6, 6.07) is 0.694. The average molecular weight is 801 g/mol. The molecule has 0 spiro atoms. The highest BCUT2D eigenvalue weighted by Crippen LogP contribution is 2.44. The van der Waals surface area contributed by atoms with Crippen molar-refractivity contribution in [3.05, 3.63) is 11.3 Å². The van der Waals surface area contributed by atoms with Crippen molar-refractivity contribution in [3.63, 3.8) is 0 Å². The molecule has 2 fully saturated rings. The van der Waals surface area contributed by atoms with Crippen LogP contribution in [0.25, 0.3) is 0 Å². The lowest BCUT2D eigenvalue weighted by molar-refractivity contribution is -0.254. The van der Waals surface area contributed by atoms with E-state index in [4.69, 9.17) is 42.5 Å². The zero-order chi connectivity index (χ0) is 38.1. The Morgan fingerprint density at radius 2 is 1.67 bits per heavy atom. The van der Waals surface area contributed by atoms with E-state index in [0.29, 0.717) is 63.7 Å². The zero-order valence-corrected chi connectivity index (χ0v) is 32.6. The van der Waals surface area contributed by atoms with Crippen molar-refractivity contribution in [1.29, 1.82) is 5.26 Å². The summed E-state index contributed by atoms with van der Waals surface area (Å²) in [5, 5.41) is 36.1. The van der Waals surface area contributed by atoms with E-state index in [9.17, 15) is 32.1 Å². The first-order valence-electron chi connectivity index (χ1n) is 17.1. The molecule has 16 nitrogen and oxygen atoms in total. The van der Waals surface area contributed by atoms with E-state index in [0.717, 1.165) is 0 Å². The van der Waals surface area contributed by atoms with E-state index in [1.807, 2.05) is 20.8 Å². The number of nitrogens with one attached hydrogen (secondary N) is 1. The molecule has 7 unspecified atom stereocenters. The van der Waals surface area contributed by atoms with Gasteiger partial charge in [0, 0.05) is 29.7 Å². The van der Waals surface area contributed by atoms with Gasteiger partial charge in [-0.25, -0.2) is 9.57 Å². The largest absolute Gasteiger partial charge is 0.351 e. The summed E-state index contributed by atoms with van der Waals surface area (Å²) in [4.78, 5) is 19.0. The van der Waals surface area contributed by atoms with Crippen LogP contribution in [0.3, 0.4) is 0 Å². The molecule has 0 aliphatic heterocycles. The monoisotopic (exact) mass is 799 g/mol. The Hall–Kier alpha value is -1.95. The second-order valence-corrected chi connectivity index (χ2v) is 18.9. The lowest BCUT2D eigenvalue weighted by atomic mass is 9.84. The second-order valence-electron chi connectivity index (χ2n) is 14.6. The van der Waals surface area contributed by atoms with Crippen LogP contribution >= 0.6 is 23.2 Å². The third kappa shape index (κ3) is 13.4. The molecule has 1 amide bonds. The molecule has 20 heteroatoms. The molecule has 51 heavy (non-hydrogen) atoms. The van der Waals surface area contributed by atoms with Gasteiger partial charge in [0.2, 0.25) is 5.91 Å². The minimum atomic E-state index is -4.12. The Balaban J connectivity index is 1.93. The number of nitriles is 1. The van der Waals surface area contributed by atoms with Gasteiger partial charge < -0.3 is 10.2 Å². The van der Waals surface area contributed by atoms with Gasteiger partial charge in [-0.2, -0.15) is 32.3 Å². The highest BCUT2D eigenvalue weighted by Gasteiger charge is 2.42. The third-order valence-corrected chi connectivity index (χ3v) is 11.8. The topological polar surface area (TPSA) is 237 Å². The summed E-state index contributed by atoms with van der Waals surface area (Å²) in [6.07, 6.45) is 3.86. The second kappa shape index (κ2) is 18.9. The van der Waals surface area contributed by atoms with E-state index < -0.39 is 49.2 Å². The molecule has 2 saturated carbocycles. The van der Waals surface area contributed by atoms with Crippen molar-refractivity contribution < 1.29 is 40.9 Å². The minimum Gasteiger partial charge on any atom is -0.351 e. The Bertz CT molecular complexity index is 1570. The summed E-state index contributed by atoms with van der Waals surface area (Å²) in [6.45, 7) is 8.05. The van der Waals surface area contributed by atoms with Gasteiger partial charge in [0.25, 0.3) is 20.2 Å². The highest BCUT2D eigenvalue weighted by atomic mass is 35.5. The molecule has 3 rings (SSSR count). The van der Waals surface area contributed by atoms with Crippen LogP contribution in [0.15, 0.2) is 10.2 Å². The molecule has 4 N–H and O–H groups in total. The Kier molecular flexibility index (Phi) is 16.1. The number of aromatic nitrogens is 2. The smallest absolute Gasteiger partial charge is 0.264 e. The fourth-order valence-corrected chi connectivity index (χ4v) is 9.22. The van der Waals surface area contributed by atoms with Crippen LogP contribution in [-0.4, -0.2) is 112 Å². The maximum absolute atomic E-state index is 12.4. The summed E-state index contributed by atoms with van der Waals surface area (Å²) in [5.74, 6) is -1.17. The number of azo groups is 1. The first-order chi connectivity index (χ1) is 23.7. The first kappa shape index (κ1) is 43.5. The lowest BCUT2D eigenvalue weighted by Crippen LogP contribution is -2.51. The number of hydrogen-bond donors (Lipinski definition) is 4. The summed E-state index contributed by atoms with van der Waals surface area (Å²) in [5.41, 5.74) is 0.190. The van der Waals surface area contributed by atoms with Gasteiger partial charge in [0.1, 0.15) is 11.6 Å². The number of amides is 1. The van der Waals surface area contributed by atoms with Crippen LogP contribution in [0.2, 0.25) is 0 Å². The molecule has 2 aliphatic rings. The van der Waals surface area contributed by atoms with Gasteiger partial charge in [-0.15, -0.1) is 28.3 Å². The normalized spacial score (nSPS) is 26.4. The van der Waals surface area contributed by atoms with Gasteiger partial charge in [0.05, 0.1) is 47.3 Å². The fourth-order valence-electron chi connectivity index (χ4n) is 7.04. The average Bonchev–Trinajstić information content (AvgIpc) is 3.37. The van der Waals surface area contributed by atoms with Crippen LogP contribution in [0.5, 0.6) is 0 Å². The molecular formula is C31H51Cl2N7O9S2. The van der Waals surface area contributed by atoms with Crippen molar-refractivity contribution in [2.45, 2.75) is 126 Å². The number of hydrogen-bond acceptors (Lipinski definition) is 12. The molecule has 1 aromatic rings. The molecule has 0 aromatic carbocycles. The molecule has 1 aromatic heterocycles. The van der Waals surface area contributed by atoms with E-state index in [1.165, 1.54) is 6.92 Å². The summed E-state index contributed by atoms with van der Waals surface area (Å²) < 4.78 is 64.9. The van der Waals surface area contributed by atoms with E-state index in [2.05, 4.69) is 26.3 Å². The maximum Gasteiger partial charge on any atom is 0.264 e. The highest BCUT2D eigenvalue weighted by molar-refractivity contribution is 7.86. The molecule has 290 valence electrons. The van der Waals surface area contributed by atoms with Crippen LogP contribution in [0.4, 0.5) is 5.82 Å². The van der Waals surface area contributed by atoms with Crippen molar-refractivity contribution >= 4 is 55.2 Å². The fraction of sp³-hybridized carbons (Fsp3) is 0.839. The molecule has 0 saturated heterocycles.